The van der Waals surface area contributed by atoms with Crippen LogP contribution in [0.1, 0.15) is 53.4 Å². The molecule has 174 valence electrons. The molecular formula is C19H35N3O8. The Morgan fingerprint density at radius 1 is 0.967 bits per heavy atom. The maximum absolute atomic E-state index is 12.1. The maximum atomic E-state index is 12.1. The summed E-state index contributed by atoms with van der Waals surface area (Å²) < 4.78 is 5.63. The standard InChI is InChI=1S/C19H35N3O8/c1-18(2,11-30-12-19(3,4)10-23)9-14(24)20-8-6-5-7-13(15(25)26)21-16(27)22-17(28)29/h13,23H,5-12H2,1-4H3,(H,20,24)(H,25,26)(H,28,29)(H2,21,22,27). The molecule has 0 rings (SSSR count). The van der Waals surface area contributed by atoms with E-state index in [9.17, 15) is 24.3 Å². The van der Waals surface area contributed by atoms with E-state index >= 15 is 0 Å². The van der Waals surface area contributed by atoms with E-state index in [1.165, 1.54) is 5.32 Å². The van der Waals surface area contributed by atoms with Crippen molar-refractivity contribution in [2.45, 2.75) is 59.4 Å². The fourth-order valence-electron chi connectivity index (χ4n) is 2.45. The number of carbonyl (C=O) groups excluding carboxylic acids is 2. The SMILES string of the molecule is CC(C)(CO)COCC(C)(C)CC(=O)NCCCCC(NC(=O)NC(=O)O)C(=O)O. The summed E-state index contributed by atoms with van der Waals surface area (Å²) in [5.41, 5.74) is -0.721. The molecule has 0 saturated heterocycles. The van der Waals surface area contributed by atoms with Gasteiger partial charge in [0, 0.05) is 18.4 Å². The smallest absolute Gasteiger partial charge is 0.412 e. The number of imide groups is 1. The normalized spacial score (nSPS) is 12.7. The fourth-order valence-corrected chi connectivity index (χ4v) is 2.45. The van der Waals surface area contributed by atoms with Gasteiger partial charge in [0.2, 0.25) is 5.91 Å². The Balaban J connectivity index is 4.15. The summed E-state index contributed by atoms with van der Waals surface area (Å²) in [6.07, 6.45) is -0.323. The van der Waals surface area contributed by atoms with Crippen LogP contribution in [-0.4, -0.2) is 71.7 Å². The number of hydrogen-bond donors (Lipinski definition) is 6. The lowest BCUT2D eigenvalue weighted by atomic mass is 9.89. The van der Waals surface area contributed by atoms with Crippen LogP contribution < -0.4 is 16.0 Å². The monoisotopic (exact) mass is 433 g/mol. The van der Waals surface area contributed by atoms with Crippen LogP contribution in [0.15, 0.2) is 0 Å². The third kappa shape index (κ3) is 13.7. The largest absolute Gasteiger partial charge is 0.480 e. The van der Waals surface area contributed by atoms with Gasteiger partial charge in [-0.1, -0.05) is 27.7 Å². The van der Waals surface area contributed by atoms with Crippen molar-refractivity contribution >= 4 is 24.0 Å². The van der Waals surface area contributed by atoms with Gasteiger partial charge >= 0.3 is 18.1 Å². The number of aliphatic hydroxyl groups excluding tert-OH is 1. The Bertz CT molecular complexity index is 592. The van der Waals surface area contributed by atoms with Crippen LogP contribution >= 0.6 is 0 Å². The minimum absolute atomic E-state index is 0.0103. The highest BCUT2D eigenvalue weighted by atomic mass is 16.5. The molecule has 0 aromatic heterocycles. The van der Waals surface area contributed by atoms with Crippen LogP contribution in [0.2, 0.25) is 0 Å². The van der Waals surface area contributed by atoms with Gasteiger partial charge in [-0.25, -0.2) is 19.7 Å². The van der Waals surface area contributed by atoms with Crippen molar-refractivity contribution in [3.05, 3.63) is 0 Å². The first kappa shape index (κ1) is 27.6. The lowest BCUT2D eigenvalue weighted by Gasteiger charge is -2.27. The number of unbranched alkanes of at least 4 members (excludes halogenated alkanes) is 1. The van der Waals surface area contributed by atoms with E-state index in [0.29, 0.717) is 32.6 Å². The van der Waals surface area contributed by atoms with E-state index in [0.717, 1.165) is 0 Å². The topological polar surface area (TPSA) is 174 Å². The number of aliphatic carboxylic acids is 1. The average molecular weight is 434 g/mol. The molecule has 0 aliphatic heterocycles. The summed E-state index contributed by atoms with van der Waals surface area (Å²) in [6.45, 7) is 8.70. The van der Waals surface area contributed by atoms with Crippen molar-refractivity contribution in [2.24, 2.45) is 10.8 Å². The Morgan fingerprint density at radius 2 is 1.57 bits per heavy atom. The zero-order chi connectivity index (χ0) is 23.4. The van der Waals surface area contributed by atoms with Gasteiger partial charge in [-0.3, -0.25) is 4.79 Å². The van der Waals surface area contributed by atoms with Gasteiger partial charge in [0.25, 0.3) is 0 Å². The molecule has 1 unspecified atom stereocenters. The van der Waals surface area contributed by atoms with Crippen LogP contribution in [0.5, 0.6) is 0 Å². The molecule has 0 spiro atoms. The Labute approximate surface area is 176 Å². The van der Waals surface area contributed by atoms with Crippen LogP contribution in [0.4, 0.5) is 9.59 Å². The molecule has 30 heavy (non-hydrogen) atoms. The van der Waals surface area contributed by atoms with Gasteiger partial charge in [-0.15, -0.1) is 0 Å². The Morgan fingerprint density at radius 3 is 2.10 bits per heavy atom. The van der Waals surface area contributed by atoms with E-state index < -0.39 is 24.1 Å². The van der Waals surface area contributed by atoms with Crippen molar-refractivity contribution < 1.29 is 39.2 Å². The summed E-state index contributed by atoms with van der Waals surface area (Å²) in [6, 6.07) is -2.32. The molecule has 0 fully saturated rings. The van der Waals surface area contributed by atoms with Crippen LogP contribution in [0.25, 0.3) is 0 Å². The molecule has 11 nitrogen and oxygen atoms in total. The third-order valence-corrected chi connectivity index (χ3v) is 4.12. The minimum Gasteiger partial charge on any atom is -0.480 e. The molecule has 1 atom stereocenters. The molecule has 6 N–H and O–H groups in total. The summed E-state index contributed by atoms with van der Waals surface area (Å²) in [7, 11) is 0. The Hall–Kier alpha value is -2.40. The van der Waals surface area contributed by atoms with Crippen molar-refractivity contribution in [1.29, 1.82) is 0 Å². The summed E-state index contributed by atoms with van der Waals surface area (Å²) >= 11 is 0. The fraction of sp³-hybridized carbons (Fsp3) is 0.789. The van der Waals surface area contributed by atoms with E-state index in [-0.39, 0.29) is 36.2 Å². The average Bonchev–Trinajstić information content (AvgIpc) is 2.58. The van der Waals surface area contributed by atoms with E-state index in [1.807, 2.05) is 27.7 Å². The second-order valence-corrected chi connectivity index (χ2v) is 8.80. The van der Waals surface area contributed by atoms with Crippen molar-refractivity contribution in [3.8, 4) is 0 Å². The first-order valence-corrected chi connectivity index (χ1v) is 9.76. The molecule has 0 aliphatic carbocycles. The molecule has 11 heteroatoms. The summed E-state index contributed by atoms with van der Waals surface area (Å²) in [4.78, 5) is 44.9. The molecule has 0 radical (unpaired) electrons. The van der Waals surface area contributed by atoms with Crippen LogP contribution in [-0.2, 0) is 14.3 Å². The van der Waals surface area contributed by atoms with Gasteiger partial charge in [0.1, 0.15) is 6.04 Å². The van der Waals surface area contributed by atoms with Gasteiger partial charge < -0.3 is 30.7 Å². The second-order valence-electron chi connectivity index (χ2n) is 8.80. The first-order valence-electron chi connectivity index (χ1n) is 9.76. The molecular weight excluding hydrogens is 398 g/mol. The number of nitrogens with one attached hydrogen (secondary N) is 3. The number of hydrogen-bond acceptors (Lipinski definition) is 6. The predicted molar refractivity (Wildman–Crippen MR) is 108 cm³/mol. The van der Waals surface area contributed by atoms with E-state index in [1.54, 1.807) is 0 Å². The highest BCUT2D eigenvalue weighted by Gasteiger charge is 2.25. The predicted octanol–water partition coefficient (Wildman–Crippen LogP) is 1.15. The minimum atomic E-state index is -1.58. The van der Waals surface area contributed by atoms with Crippen LogP contribution in [0, 0.1) is 10.8 Å². The van der Waals surface area contributed by atoms with Crippen molar-refractivity contribution in [2.75, 3.05) is 26.4 Å². The molecule has 0 aromatic carbocycles. The number of amides is 4. The maximum Gasteiger partial charge on any atom is 0.412 e. The number of ether oxygens (including phenoxy) is 1. The van der Waals surface area contributed by atoms with Gasteiger partial charge in [-0.2, -0.15) is 0 Å². The lowest BCUT2D eigenvalue weighted by Crippen LogP contribution is -2.47. The zero-order valence-electron chi connectivity index (χ0n) is 18.1. The number of rotatable bonds is 14. The van der Waals surface area contributed by atoms with E-state index in [2.05, 4.69) is 10.6 Å². The molecule has 0 heterocycles. The third-order valence-electron chi connectivity index (χ3n) is 4.12. The number of carbonyl (C=O) groups is 4. The van der Waals surface area contributed by atoms with E-state index in [4.69, 9.17) is 14.9 Å². The molecule has 0 saturated carbocycles. The highest BCUT2D eigenvalue weighted by Crippen LogP contribution is 2.22. The second kappa shape index (κ2) is 13.0. The first-order chi connectivity index (χ1) is 13.8. The number of carboxylic acid groups (broad SMARTS) is 2. The molecule has 0 aromatic rings. The quantitative estimate of drug-likeness (QED) is 0.221. The van der Waals surface area contributed by atoms with Crippen LogP contribution in [0.3, 0.4) is 0 Å². The van der Waals surface area contributed by atoms with Crippen molar-refractivity contribution in [1.82, 2.24) is 16.0 Å². The van der Waals surface area contributed by atoms with Crippen molar-refractivity contribution in [3.63, 3.8) is 0 Å². The molecule has 4 amide bonds. The van der Waals surface area contributed by atoms with Gasteiger partial charge in [-0.05, 0) is 24.7 Å². The van der Waals surface area contributed by atoms with Gasteiger partial charge in [0.15, 0.2) is 0 Å². The zero-order valence-corrected chi connectivity index (χ0v) is 18.1. The number of aliphatic hydroxyl groups is 1. The number of urea groups is 1. The Kier molecular flexibility index (Phi) is 12.0. The number of carboxylic acids is 1. The molecule has 0 bridgehead atoms. The lowest BCUT2D eigenvalue weighted by molar-refractivity contribution is -0.139. The molecule has 0 aliphatic rings. The van der Waals surface area contributed by atoms with Gasteiger partial charge in [0.05, 0.1) is 19.8 Å². The highest BCUT2D eigenvalue weighted by molar-refractivity contribution is 5.92. The summed E-state index contributed by atoms with van der Waals surface area (Å²) in [5.74, 6) is -1.43. The summed E-state index contributed by atoms with van der Waals surface area (Å²) in [5, 5.41) is 33.1.